The number of amides is 3. The van der Waals surface area contributed by atoms with Gasteiger partial charge in [-0.1, -0.05) is 0 Å². The second-order valence-electron chi connectivity index (χ2n) is 7.85. The Bertz CT molecular complexity index is 525. The van der Waals surface area contributed by atoms with E-state index in [1.807, 2.05) is 14.7 Å². The summed E-state index contributed by atoms with van der Waals surface area (Å²) in [6.45, 7) is 3.77. The Morgan fingerprint density at radius 3 is 2.08 bits per heavy atom. The van der Waals surface area contributed by atoms with Gasteiger partial charge < -0.3 is 19.8 Å². The van der Waals surface area contributed by atoms with Crippen molar-refractivity contribution in [3.8, 4) is 0 Å². The van der Waals surface area contributed by atoms with E-state index in [-0.39, 0.29) is 30.3 Å². The highest BCUT2D eigenvalue weighted by Gasteiger charge is 2.35. The third kappa shape index (κ3) is 4.48. The molecule has 3 aliphatic rings. The van der Waals surface area contributed by atoms with E-state index >= 15 is 0 Å². The minimum absolute atomic E-state index is 0.0249. The van der Waals surface area contributed by atoms with Gasteiger partial charge in [0.1, 0.15) is 0 Å². The average Bonchev–Trinajstić information content (AvgIpc) is 3.20. The normalized spacial score (nSPS) is 24.8. The molecule has 0 aromatic carbocycles. The van der Waals surface area contributed by atoms with Gasteiger partial charge in [-0.05, 0) is 51.4 Å². The van der Waals surface area contributed by atoms with Crippen LogP contribution in [0, 0.1) is 5.92 Å². The summed E-state index contributed by atoms with van der Waals surface area (Å²) in [5.74, 6) is -0.645. The van der Waals surface area contributed by atoms with Crippen LogP contribution < -0.4 is 0 Å². The van der Waals surface area contributed by atoms with Crippen molar-refractivity contribution in [1.29, 1.82) is 0 Å². The van der Waals surface area contributed by atoms with Gasteiger partial charge in [-0.15, -0.1) is 0 Å². The third-order valence-corrected chi connectivity index (χ3v) is 6.09. The molecule has 0 aliphatic carbocycles. The highest BCUT2D eigenvalue weighted by Crippen LogP contribution is 2.27. The first kappa shape index (κ1) is 19.0. The Kier molecular flexibility index (Phi) is 6.38. The molecule has 3 rings (SSSR count). The van der Waals surface area contributed by atoms with Crippen LogP contribution in [-0.2, 0) is 9.59 Å². The SMILES string of the molecule is O=C(O)CCC1CCCCN1C(=O)C1CCN(C(=O)N2CCCC2)CC1. The van der Waals surface area contributed by atoms with Gasteiger partial charge in [-0.25, -0.2) is 4.79 Å². The number of urea groups is 1. The molecule has 7 heteroatoms. The van der Waals surface area contributed by atoms with E-state index in [0.717, 1.165) is 64.6 Å². The van der Waals surface area contributed by atoms with E-state index in [4.69, 9.17) is 5.11 Å². The van der Waals surface area contributed by atoms with Gasteiger partial charge in [0, 0.05) is 51.1 Å². The second-order valence-corrected chi connectivity index (χ2v) is 7.85. The summed E-state index contributed by atoms with van der Waals surface area (Å²) in [6, 6.07) is 0.197. The molecule has 26 heavy (non-hydrogen) atoms. The van der Waals surface area contributed by atoms with Crippen LogP contribution in [0.1, 0.15) is 57.8 Å². The first-order chi connectivity index (χ1) is 12.6. The lowest BCUT2D eigenvalue weighted by molar-refractivity contribution is -0.143. The third-order valence-electron chi connectivity index (χ3n) is 6.09. The first-order valence-corrected chi connectivity index (χ1v) is 10.1. The van der Waals surface area contributed by atoms with Crippen LogP contribution in [0.4, 0.5) is 4.79 Å². The van der Waals surface area contributed by atoms with Crippen molar-refractivity contribution >= 4 is 17.9 Å². The fraction of sp³-hybridized carbons (Fsp3) is 0.842. The van der Waals surface area contributed by atoms with Gasteiger partial charge in [0.25, 0.3) is 0 Å². The van der Waals surface area contributed by atoms with E-state index < -0.39 is 5.97 Å². The van der Waals surface area contributed by atoms with Gasteiger partial charge in [0.2, 0.25) is 5.91 Å². The number of carboxylic acids is 1. The second kappa shape index (κ2) is 8.73. The van der Waals surface area contributed by atoms with E-state index in [1.165, 1.54) is 0 Å². The van der Waals surface area contributed by atoms with Crippen molar-refractivity contribution in [2.45, 2.75) is 63.8 Å². The lowest BCUT2D eigenvalue weighted by atomic mass is 9.91. The molecule has 7 nitrogen and oxygen atoms in total. The maximum Gasteiger partial charge on any atom is 0.319 e. The van der Waals surface area contributed by atoms with Crippen LogP contribution in [0.25, 0.3) is 0 Å². The molecule has 0 aromatic heterocycles. The summed E-state index contributed by atoms with van der Waals surface area (Å²) in [6.07, 6.45) is 7.27. The highest BCUT2D eigenvalue weighted by atomic mass is 16.4. The summed E-state index contributed by atoms with van der Waals surface area (Å²) < 4.78 is 0. The molecule has 3 saturated heterocycles. The van der Waals surface area contributed by atoms with Crippen LogP contribution in [0.2, 0.25) is 0 Å². The van der Waals surface area contributed by atoms with E-state index in [1.54, 1.807) is 0 Å². The van der Waals surface area contributed by atoms with Crippen molar-refractivity contribution in [2.24, 2.45) is 5.92 Å². The topological polar surface area (TPSA) is 81.2 Å². The molecule has 3 aliphatic heterocycles. The molecule has 3 amide bonds. The number of hydrogen-bond acceptors (Lipinski definition) is 3. The molecule has 0 saturated carbocycles. The number of piperidine rings is 2. The number of aliphatic carboxylic acids is 1. The van der Waals surface area contributed by atoms with Gasteiger partial charge >= 0.3 is 12.0 Å². The zero-order chi connectivity index (χ0) is 18.5. The summed E-state index contributed by atoms with van der Waals surface area (Å²) in [7, 11) is 0. The quantitative estimate of drug-likeness (QED) is 0.828. The number of hydrogen-bond donors (Lipinski definition) is 1. The fourth-order valence-corrected chi connectivity index (χ4v) is 4.54. The van der Waals surface area contributed by atoms with Gasteiger partial charge in [-0.2, -0.15) is 0 Å². The zero-order valence-corrected chi connectivity index (χ0v) is 15.6. The number of rotatable bonds is 4. The number of carbonyl (C=O) groups is 3. The molecule has 0 aromatic rings. The summed E-state index contributed by atoms with van der Waals surface area (Å²) >= 11 is 0. The smallest absolute Gasteiger partial charge is 0.319 e. The summed E-state index contributed by atoms with van der Waals surface area (Å²) in [4.78, 5) is 42.1. The van der Waals surface area contributed by atoms with Gasteiger partial charge in [0.05, 0.1) is 0 Å². The van der Waals surface area contributed by atoms with Crippen LogP contribution in [-0.4, -0.2) is 76.5 Å². The van der Waals surface area contributed by atoms with Crippen LogP contribution in [0.15, 0.2) is 0 Å². The van der Waals surface area contributed by atoms with E-state index in [2.05, 4.69) is 0 Å². The van der Waals surface area contributed by atoms with E-state index in [0.29, 0.717) is 19.5 Å². The van der Waals surface area contributed by atoms with Crippen LogP contribution >= 0.6 is 0 Å². The Hall–Kier alpha value is -1.79. The van der Waals surface area contributed by atoms with Gasteiger partial charge in [0.15, 0.2) is 0 Å². The molecule has 0 bridgehead atoms. The lowest BCUT2D eigenvalue weighted by Crippen LogP contribution is -2.51. The molecule has 3 heterocycles. The van der Waals surface area contributed by atoms with Crippen molar-refractivity contribution in [1.82, 2.24) is 14.7 Å². The molecule has 0 spiro atoms. The summed E-state index contributed by atoms with van der Waals surface area (Å²) in [5, 5.41) is 8.94. The van der Waals surface area contributed by atoms with Crippen molar-refractivity contribution in [3.05, 3.63) is 0 Å². The van der Waals surface area contributed by atoms with E-state index in [9.17, 15) is 14.4 Å². The molecule has 1 unspecified atom stereocenters. The highest BCUT2D eigenvalue weighted by molar-refractivity contribution is 5.80. The average molecular weight is 365 g/mol. The molecule has 146 valence electrons. The molecular formula is C19H31N3O4. The predicted molar refractivity (Wildman–Crippen MR) is 96.7 cm³/mol. The monoisotopic (exact) mass is 365 g/mol. The Labute approximate surface area is 155 Å². The first-order valence-electron chi connectivity index (χ1n) is 10.1. The Morgan fingerprint density at radius 2 is 1.42 bits per heavy atom. The summed E-state index contributed by atoms with van der Waals surface area (Å²) in [5.41, 5.74) is 0. The number of nitrogens with zero attached hydrogens (tertiary/aromatic N) is 3. The Balaban J connectivity index is 1.51. The molecule has 0 radical (unpaired) electrons. The van der Waals surface area contributed by atoms with Crippen molar-refractivity contribution in [3.63, 3.8) is 0 Å². The molecule has 1 N–H and O–H groups in total. The standard InChI is InChI=1S/C19H31N3O4/c23-17(24)7-6-16-5-1-2-12-22(16)18(25)15-8-13-21(14-9-15)19(26)20-10-3-4-11-20/h15-16H,1-14H2,(H,23,24). The molecular weight excluding hydrogens is 334 g/mol. The van der Waals surface area contributed by atoms with Crippen LogP contribution in [0.3, 0.4) is 0 Å². The van der Waals surface area contributed by atoms with Crippen molar-refractivity contribution in [2.75, 3.05) is 32.7 Å². The lowest BCUT2D eigenvalue weighted by Gasteiger charge is -2.40. The predicted octanol–water partition coefficient (Wildman–Crippen LogP) is 2.16. The van der Waals surface area contributed by atoms with Crippen molar-refractivity contribution < 1.29 is 19.5 Å². The molecule has 3 fully saturated rings. The van der Waals surface area contributed by atoms with Gasteiger partial charge in [-0.3, -0.25) is 9.59 Å². The molecule has 1 atom stereocenters. The number of carboxylic acid groups (broad SMARTS) is 1. The maximum absolute atomic E-state index is 13.0. The minimum Gasteiger partial charge on any atom is -0.481 e. The minimum atomic E-state index is -0.795. The maximum atomic E-state index is 13.0. The number of carbonyl (C=O) groups excluding carboxylic acids is 2. The largest absolute Gasteiger partial charge is 0.481 e. The zero-order valence-electron chi connectivity index (χ0n) is 15.6. The van der Waals surface area contributed by atoms with Crippen LogP contribution in [0.5, 0.6) is 0 Å². The fourth-order valence-electron chi connectivity index (χ4n) is 4.54. The number of likely N-dealkylation sites (tertiary alicyclic amines) is 3. The Morgan fingerprint density at radius 1 is 0.808 bits per heavy atom.